The van der Waals surface area contributed by atoms with Crippen molar-refractivity contribution in [2.45, 2.75) is 20.0 Å². The molecule has 0 radical (unpaired) electrons. The van der Waals surface area contributed by atoms with Gasteiger partial charge in [0.15, 0.2) is 5.69 Å². The molecule has 0 amide bonds. The molecule has 1 heterocycles. The highest BCUT2D eigenvalue weighted by atomic mass is 16.5. The van der Waals surface area contributed by atoms with Gasteiger partial charge in [0.25, 0.3) is 0 Å². The van der Waals surface area contributed by atoms with Gasteiger partial charge in [-0.3, -0.25) is 0 Å². The minimum Gasteiger partial charge on any atom is -0.491 e. The highest BCUT2D eigenvalue weighted by Crippen LogP contribution is 2.23. The number of aromatic amines is 1. The summed E-state index contributed by atoms with van der Waals surface area (Å²) in [6.45, 7) is 3.90. The fraction of sp³-hybridized carbons (Fsp3) is 0.231. The number of benzene rings is 1. The minimum atomic E-state index is -1.02. The molecule has 0 aliphatic heterocycles. The van der Waals surface area contributed by atoms with Crippen LogP contribution in [0.3, 0.4) is 0 Å². The standard InChI is InChI=1S/C13H14N2O3/c1-8(2)18-10-5-3-9(4-6-10)11-12(13(16)17)15-7-14-11/h3-8H,1-2H3,(H,14,15)(H,16,17). The van der Waals surface area contributed by atoms with Crippen LogP contribution in [0.1, 0.15) is 24.3 Å². The lowest BCUT2D eigenvalue weighted by Crippen LogP contribution is -2.05. The molecule has 0 aliphatic carbocycles. The first-order chi connectivity index (χ1) is 8.58. The summed E-state index contributed by atoms with van der Waals surface area (Å²) in [7, 11) is 0. The second-order valence-electron chi connectivity index (χ2n) is 4.12. The van der Waals surface area contributed by atoms with Crippen molar-refractivity contribution in [1.82, 2.24) is 9.97 Å². The molecule has 1 aromatic carbocycles. The summed E-state index contributed by atoms with van der Waals surface area (Å²) in [5.74, 6) is -0.272. The monoisotopic (exact) mass is 246 g/mol. The lowest BCUT2D eigenvalue weighted by atomic mass is 10.1. The number of ether oxygens (including phenoxy) is 1. The Labute approximate surface area is 104 Å². The number of H-pyrrole nitrogens is 1. The second-order valence-corrected chi connectivity index (χ2v) is 4.12. The number of aromatic carboxylic acids is 1. The Hall–Kier alpha value is -2.30. The van der Waals surface area contributed by atoms with Gasteiger partial charge in [0.1, 0.15) is 11.4 Å². The quantitative estimate of drug-likeness (QED) is 0.869. The zero-order valence-electron chi connectivity index (χ0n) is 10.2. The van der Waals surface area contributed by atoms with Gasteiger partial charge in [0.05, 0.1) is 12.4 Å². The van der Waals surface area contributed by atoms with Gasteiger partial charge in [-0.25, -0.2) is 9.78 Å². The third-order valence-corrected chi connectivity index (χ3v) is 2.35. The fourth-order valence-corrected chi connectivity index (χ4v) is 1.64. The lowest BCUT2D eigenvalue weighted by molar-refractivity contribution is 0.0692. The van der Waals surface area contributed by atoms with Crippen molar-refractivity contribution >= 4 is 5.97 Å². The van der Waals surface area contributed by atoms with E-state index in [0.717, 1.165) is 11.3 Å². The molecule has 5 heteroatoms. The Morgan fingerprint density at radius 1 is 1.33 bits per heavy atom. The van der Waals surface area contributed by atoms with E-state index in [2.05, 4.69) is 9.97 Å². The summed E-state index contributed by atoms with van der Waals surface area (Å²) in [6.07, 6.45) is 1.48. The topological polar surface area (TPSA) is 75.2 Å². The Morgan fingerprint density at radius 3 is 2.56 bits per heavy atom. The predicted octanol–water partition coefficient (Wildman–Crippen LogP) is 2.56. The van der Waals surface area contributed by atoms with E-state index in [9.17, 15) is 4.79 Å². The van der Waals surface area contributed by atoms with E-state index in [1.165, 1.54) is 6.33 Å². The first-order valence-electron chi connectivity index (χ1n) is 5.61. The van der Waals surface area contributed by atoms with Crippen molar-refractivity contribution < 1.29 is 14.6 Å². The van der Waals surface area contributed by atoms with Crippen LogP contribution in [-0.2, 0) is 0 Å². The van der Waals surface area contributed by atoms with Crippen molar-refractivity contribution in [1.29, 1.82) is 0 Å². The zero-order chi connectivity index (χ0) is 13.1. The van der Waals surface area contributed by atoms with Gasteiger partial charge in [-0.15, -0.1) is 0 Å². The normalized spacial score (nSPS) is 10.6. The maximum absolute atomic E-state index is 11.0. The van der Waals surface area contributed by atoms with E-state index in [1.54, 1.807) is 24.3 Å². The molecule has 2 aromatic rings. The van der Waals surface area contributed by atoms with Gasteiger partial charge >= 0.3 is 5.97 Å². The summed E-state index contributed by atoms with van der Waals surface area (Å²) in [5, 5.41) is 8.99. The van der Waals surface area contributed by atoms with Crippen molar-refractivity contribution in [2.75, 3.05) is 0 Å². The molecule has 2 N–H and O–H groups in total. The zero-order valence-corrected chi connectivity index (χ0v) is 10.2. The van der Waals surface area contributed by atoms with E-state index >= 15 is 0 Å². The van der Waals surface area contributed by atoms with Crippen LogP contribution >= 0.6 is 0 Å². The van der Waals surface area contributed by atoms with Crippen LogP contribution in [0.15, 0.2) is 30.6 Å². The highest BCUT2D eigenvalue weighted by molar-refractivity contribution is 5.92. The summed E-state index contributed by atoms with van der Waals surface area (Å²) in [4.78, 5) is 17.6. The summed E-state index contributed by atoms with van der Waals surface area (Å²) in [6, 6.07) is 7.19. The largest absolute Gasteiger partial charge is 0.491 e. The molecule has 1 aromatic heterocycles. The second kappa shape index (κ2) is 4.91. The number of carboxylic acids is 1. The number of hydrogen-bond donors (Lipinski definition) is 2. The molecule has 0 unspecified atom stereocenters. The SMILES string of the molecule is CC(C)Oc1ccc(-c2nc[nH]c2C(=O)O)cc1. The molecule has 0 aliphatic rings. The lowest BCUT2D eigenvalue weighted by Gasteiger charge is -2.09. The van der Waals surface area contributed by atoms with Gasteiger partial charge < -0.3 is 14.8 Å². The summed E-state index contributed by atoms with van der Waals surface area (Å²) >= 11 is 0. The minimum absolute atomic E-state index is 0.0903. The van der Waals surface area contributed by atoms with Gasteiger partial charge in [-0.2, -0.15) is 0 Å². The molecule has 2 rings (SSSR count). The van der Waals surface area contributed by atoms with Crippen molar-refractivity contribution in [2.24, 2.45) is 0 Å². The number of carbonyl (C=O) groups is 1. The Bertz CT molecular complexity index is 544. The highest BCUT2D eigenvalue weighted by Gasteiger charge is 2.14. The van der Waals surface area contributed by atoms with Crippen LogP contribution in [0.2, 0.25) is 0 Å². The van der Waals surface area contributed by atoms with Crippen LogP contribution < -0.4 is 4.74 Å². The number of hydrogen-bond acceptors (Lipinski definition) is 3. The number of imidazole rings is 1. The van der Waals surface area contributed by atoms with Gasteiger partial charge in [-0.1, -0.05) is 0 Å². The Balaban J connectivity index is 2.29. The smallest absolute Gasteiger partial charge is 0.354 e. The van der Waals surface area contributed by atoms with E-state index in [4.69, 9.17) is 9.84 Å². The van der Waals surface area contributed by atoms with E-state index in [1.807, 2.05) is 13.8 Å². The first-order valence-corrected chi connectivity index (χ1v) is 5.61. The molecule has 0 atom stereocenters. The number of aromatic nitrogens is 2. The van der Waals surface area contributed by atoms with E-state index in [0.29, 0.717) is 5.69 Å². The maximum Gasteiger partial charge on any atom is 0.354 e. The van der Waals surface area contributed by atoms with Crippen LogP contribution in [0, 0.1) is 0 Å². The van der Waals surface area contributed by atoms with E-state index in [-0.39, 0.29) is 11.8 Å². The number of rotatable bonds is 4. The summed E-state index contributed by atoms with van der Waals surface area (Å²) in [5.41, 5.74) is 1.26. The Morgan fingerprint density at radius 2 is 2.00 bits per heavy atom. The van der Waals surface area contributed by atoms with Crippen LogP contribution in [-0.4, -0.2) is 27.1 Å². The first kappa shape index (κ1) is 12.2. The Kier molecular flexibility index (Phi) is 3.32. The number of carboxylic acid groups (broad SMARTS) is 1. The molecule has 0 spiro atoms. The van der Waals surface area contributed by atoms with Crippen LogP contribution in [0.4, 0.5) is 0 Å². The maximum atomic E-state index is 11.0. The third kappa shape index (κ3) is 2.51. The van der Waals surface area contributed by atoms with Gasteiger partial charge in [-0.05, 0) is 38.1 Å². The molecule has 0 fully saturated rings. The van der Waals surface area contributed by atoms with Crippen LogP contribution in [0.25, 0.3) is 11.3 Å². The average molecular weight is 246 g/mol. The van der Waals surface area contributed by atoms with Crippen LogP contribution in [0.5, 0.6) is 5.75 Å². The molecule has 0 saturated heterocycles. The molecular formula is C13H14N2O3. The molecule has 5 nitrogen and oxygen atoms in total. The van der Waals surface area contributed by atoms with E-state index < -0.39 is 5.97 Å². The molecular weight excluding hydrogens is 232 g/mol. The van der Waals surface area contributed by atoms with Gasteiger partial charge in [0.2, 0.25) is 0 Å². The molecule has 18 heavy (non-hydrogen) atoms. The summed E-state index contributed by atoms with van der Waals surface area (Å²) < 4.78 is 5.52. The fourth-order valence-electron chi connectivity index (χ4n) is 1.64. The van der Waals surface area contributed by atoms with Crippen molar-refractivity contribution in [3.8, 4) is 17.0 Å². The molecule has 0 saturated carbocycles. The molecule has 0 bridgehead atoms. The average Bonchev–Trinajstić information content (AvgIpc) is 2.78. The number of nitrogens with zero attached hydrogens (tertiary/aromatic N) is 1. The predicted molar refractivity (Wildman–Crippen MR) is 66.7 cm³/mol. The number of nitrogens with one attached hydrogen (secondary N) is 1. The van der Waals surface area contributed by atoms with Crippen molar-refractivity contribution in [3.05, 3.63) is 36.3 Å². The molecule has 94 valence electrons. The van der Waals surface area contributed by atoms with Gasteiger partial charge in [0, 0.05) is 5.56 Å². The third-order valence-electron chi connectivity index (χ3n) is 2.35. The van der Waals surface area contributed by atoms with Crippen molar-refractivity contribution in [3.63, 3.8) is 0 Å².